The largest absolute Gasteiger partial charge is 0.497 e. The average molecular weight is 401 g/mol. The Morgan fingerprint density at radius 2 is 1.87 bits per heavy atom. The lowest BCUT2D eigenvalue weighted by molar-refractivity contribution is -0.121. The molecule has 4 aromatic rings. The Labute approximate surface area is 174 Å². The molecule has 152 valence electrons. The molecule has 0 saturated carbocycles. The van der Waals surface area contributed by atoms with Gasteiger partial charge in [-0.05, 0) is 43.7 Å². The summed E-state index contributed by atoms with van der Waals surface area (Å²) in [7, 11) is 1.64. The van der Waals surface area contributed by atoms with Gasteiger partial charge in [0.15, 0.2) is 11.5 Å². The molecule has 7 nitrogen and oxygen atoms in total. The number of carbonyl (C=O) groups is 1. The third-order valence-electron chi connectivity index (χ3n) is 4.88. The van der Waals surface area contributed by atoms with Crippen LogP contribution in [0.2, 0.25) is 0 Å². The highest BCUT2D eigenvalue weighted by Gasteiger charge is 2.16. The van der Waals surface area contributed by atoms with Crippen LogP contribution in [0.15, 0.2) is 60.9 Å². The molecule has 0 bridgehead atoms. The van der Waals surface area contributed by atoms with Crippen LogP contribution >= 0.6 is 0 Å². The minimum atomic E-state index is -0.313. The van der Waals surface area contributed by atoms with E-state index in [9.17, 15) is 4.79 Å². The highest BCUT2D eigenvalue weighted by molar-refractivity contribution is 5.78. The highest BCUT2D eigenvalue weighted by Crippen LogP contribution is 2.21. The number of benzene rings is 2. The fourth-order valence-electron chi connectivity index (χ4n) is 3.16. The fourth-order valence-corrected chi connectivity index (χ4v) is 3.16. The summed E-state index contributed by atoms with van der Waals surface area (Å²) in [5.41, 5.74) is 4.57. The summed E-state index contributed by atoms with van der Waals surface area (Å²) in [6, 6.07) is 17.2. The van der Waals surface area contributed by atoms with Crippen molar-refractivity contribution in [3.05, 3.63) is 77.9 Å². The topological polar surface area (TPSA) is 81.4 Å². The van der Waals surface area contributed by atoms with Crippen molar-refractivity contribution in [1.29, 1.82) is 0 Å². The second-order valence-corrected chi connectivity index (χ2v) is 7.23. The molecule has 2 aromatic carbocycles. The van der Waals surface area contributed by atoms with Gasteiger partial charge in [-0.3, -0.25) is 4.79 Å². The zero-order chi connectivity index (χ0) is 21.1. The van der Waals surface area contributed by atoms with E-state index >= 15 is 0 Å². The van der Waals surface area contributed by atoms with Crippen molar-refractivity contribution < 1.29 is 9.53 Å². The molecular formula is C23H23N5O2. The number of nitrogens with one attached hydrogen (secondary N) is 1. The normalized spacial score (nSPS) is 12.0. The summed E-state index contributed by atoms with van der Waals surface area (Å²) in [6.45, 7) is 3.90. The molecule has 0 spiro atoms. The maximum Gasteiger partial charge on any atom is 0.224 e. The van der Waals surface area contributed by atoms with Crippen LogP contribution in [0.4, 0.5) is 0 Å². The Bertz CT molecular complexity index is 1170. The van der Waals surface area contributed by atoms with E-state index in [0.717, 1.165) is 22.6 Å². The van der Waals surface area contributed by atoms with Gasteiger partial charge in [0.25, 0.3) is 0 Å². The first-order valence-corrected chi connectivity index (χ1v) is 9.73. The van der Waals surface area contributed by atoms with Crippen LogP contribution in [0.25, 0.3) is 16.9 Å². The van der Waals surface area contributed by atoms with Gasteiger partial charge in [0.1, 0.15) is 12.1 Å². The third-order valence-corrected chi connectivity index (χ3v) is 4.88. The number of carbonyl (C=O) groups excluding carboxylic acids is 1. The summed E-state index contributed by atoms with van der Waals surface area (Å²) in [4.78, 5) is 21.4. The molecule has 1 amide bonds. The second kappa shape index (κ2) is 8.32. The summed E-state index contributed by atoms with van der Waals surface area (Å²) in [5, 5.41) is 7.42. The maximum absolute atomic E-state index is 12.4. The Hall–Kier alpha value is -3.74. The smallest absolute Gasteiger partial charge is 0.224 e. The van der Waals surface area contributed by atoms with E-state index in [-0.39, 0.29) is 11.9 Å². The summed E-state index contributed by atoms with van der Waals surface area (Å²) < 4.78 is 6.81. The molecule has 30 heavy (non-hydrogen) atoms. The van der Waals surface area contributed by atoms with Crippen molar-refractivity contribution in [2.45, 2.75) is 26.3 Å². The van der Waals surface area contributed by atoms with Crippen LogP contribution in [0.5, 0.6) is 5.75 Å². The molecule has 0 saturated heterocycles. The van der Waals surface area contributed by atoms with Gasteiger partial charge in [0, 0.05) is 11.6 Å². The quantitative estimate of drug-likeness (QED) is 0.535. The number of amides is 1. The van der Waals surface area contributed by atoms with Crippen LogP contribution in [-0.2, 0) is 11.2 Å². The molecule has 0 aliphatic rings. The first-order chi connectivity index (χ1) is 14.5. The minimum absolute atomic E-state index is 0.0674. The number of hydrogen-bond donors (Lipinski definition) is 1. The molecule has 0 aliphatic carbocycles. The van der Waals surface area contributed by atoms with E-state index in [1.165, 1.54) is 5.56 Å². The van der Waals surface area contributed by atoms with Crippen LogP contribution in [-0.4, -0.2) is 32.6 Å². The van der Waals surface area contributed by atoms with E-state index in [1.807, 2.05) is 68.4 Å². The zero-order valence-corrected chi connectivity index (χ0v) is 17.2. The molecule has 4 rings (SSSR count). The number of fused-ring (bicyclic) bond motifs is 1. The standard InChI is InChI=1S/C23H23N5O2/c1-15-4-6-17(7-5-15)12-22(29)25-16(2)23-26-21-13-20(24-14-28(21)27-23)18-8-10-19(30-3)11-9-18/h4-11,13-14,16H,12H2,1-3H3,(H,25,29)/t16-/m1/s1. The number of aryl methyl sites for hydroxylation is 1. The fraction of sp³-hybridized carbons (Fsp3) is 0.217. The van der Waals surface area contributed by atoms with Crippen LogP contribution < -0.4 is 10.1 Å². The van der Waals surface area contributed by atoms with E-state index in [0.29, 0.717) is 17.9 Å². The number of hydrogen-bond acceptors (Lipinski definition) is 5. The zero-order valence-electron chi connectivity index (χ0n) is 17.2. The third kappa shape index (κ3) is 4.30. The second-order valence-electron chi connectivity index (χ2n) is 7.23. The number of nitrogens with zero attached hydrogens (tertiary/aromatic N) is 4. The molecule has 1 N–H and O–H groups in total. The molecule has 0 unspecified atom stereocenters. The molecule has 2 heterocycles. The van der Waals surface area contributed by atoms with E-state index in [1.54, 1.807) is 18.0 Å². The van der Waals surface area contributed by atoms with Crippen molar-refractivity contribution in [1.82, 2.24) is 24.9 Å². The number of aromatic nitrogens is 4. The van der Waals surface area contributed by atoms with Gasteiger partial charge in [-0.1, -0.05) is 29.8 Å². The van der Waals surface area contributed by atoms with E-state index in [2.05, 4.69) is 20.4 Å². The minimum Gasteiger partial charge on any atom is -0.497 e. The van der Waals surface area contributed by atoms with Gasteiger partial charge in [-0.2, -0.15) is 0 Å². The van der Waals surface area contributed by atoms with Crippen LogP contribution in [0.3, 0.4) is 0 Å². The van der Waals surface area contributed by atoms with E-state index < -0.39 is 0 Å². The summed E-state index contributed by atoms with van der Waals surface area (Å²) in [5.74, 6) is 1.27. The van der Waals surface area contributed by atoms with Gasteiger partial charge >= 0.3 is 0 Å². The maximum atomic E-state index is 12.4. The number of methoxy groups -OCH3 is 1. The average Bonchev–Trinajstić information content (AvgIpc) is 3.19. The lowest BCUT2D eigenvalue weighted by Gasteiger charge is -2.10. The van der Waals surface area contributed by atoms with Crippen LogP contribution in [0.1, 0.15) is 29.9 Å². The molecule has 0 radical (unpaired) electrons. The molecule has 2 aromatic heterocycles. The first-order valence-electron chi connectivity index (χ1n) is 9.73. The van der Waals surface area contributed by atoms with Crippen molar-refractivity contribution in [3.8, 4) is 17.0 Å². The molecule has 0 aliphatic heterocycles. The van der Waals surface area contributed by atoms with Gasteiger partial charge in [-0.15, -0.1) is 5.10 Å². The van der Waals surface area contributed by atoms with Crippen molar-refractivity contribution in [2.75, 3.05) is 7.11 Å². The molecule has 7 heteroatoms. The van der Waals surface area contributed by atoms with E-state index in [4.69, 9.17) is 4.74 Å². The SMILES string of the molecule is COc1ccc(-c2cc3nc([C@@H](C)NC(=O)Cc4ccc(C)cc4)nn3cn2)cc1. The molecule has 1 atom stereocenters. The predicted molar refractivity (Wildman–Crippen MR) is 114 cm³/mol. The van der Waals surface area contributed by atoms with Crippen molar-refractivity contribution >= 4 is 11.6 Å². The Kier molecular flexibility index (Phi) is 5.43. The number of ether oxygens (including phenoxy) is 1. The van der Waals surface area contributed by atoms with Gasteiger partial charge in [0.2, 0.25) is 5.91 Å². The molecular weight excluding hydrogens is 378 g/mol. The lowest BCUT2D eigenvalue weighted by atomic mass is 10.1. The Balaban J connectivity index is 1.48. The van der Waals surface area contributed by atoms with Crippen molar-refractivity contribution in [3.63, 3.8) is 0 Å². The van der Waals surface area contributed by atoms with Gasteiger partial charge < -0.3 is 10.1 Å². The first kappa shape index (κ1) is 19.6. The van der Waals surface area contributed by atoms with Crippen LogP contribution in [0, 0.1) is 6.92 Å². The number of rotatable bonds is 6. The monoisotopic (exact) mass is 401 g/mol. The Morgan fingerprint density at radius 1 is 1.13 bits per heavy atom. The lowest BCUT2D eigenvalue weighted by Crippen LogP contribution is -2.28. The van der Waals surface area contributed by atoms with Gasteiger partial charge in [-0.25, -0.2) is 14.5 Å². The van der Waals surface area contributed by atoms with Gasteiger partial charge in [0.05, 0.1) is 25.3 Å². The van der Waals surface area contributed by atoms with Crippen molar-refractivity contribution in [2.24, 2.45) is 0 Å². The summed E-state index contributed by atoms with van der Waals surface area (Å²) in [6.07, 6.45) is 1.95. The Morgan fingerprint density at radius 3 is 2.57 bits per heavy atom. The molecule has 0 fully saturated rings. The summed E-state index contributed by atoms with van der Waals surface area (Å²) >= 11 is 0. The highest BCUT2D eigenvalue weighted by atomic mass is 16.5. The predicted octanol–water partition coefficient (Wildman–Crippen LogP) is 3.53.